The normalized spacial score (nSPS) is 27.6. The topological polar surface area (TPSA) is 117 Å². The number of likely N-dealkylation sites (tertiary alicyclic amines) is 1. The minimum Gasteiger partial charge on any atom is -0.444 e. The van der Waals surface area contributed by atoms with Crippen molar-refractivity contribution in [2.24, 2.45) is 11.7 Å². The fourth-order valence-electron chi connectivity index (χ4n) is 4.23. The number of ether oxygens (including phenoxy) is 4. The summed E-state index contributed by atoms with van der Waals surface area (Å²) in [7, 11) is 0. The average Bonchev–Trinajstić information content (AvgIpc) is 3.13. The number of hydrogen-bond acceptors (Lipinski definition) is 7. The first-order valence-electron chi connectivity index (χ1n) is 10.7. The Hall–Kier alpha value is -2.49. The lowest BCUT2D eigenvalue weighted by Crippen LogP contribution is -2.54. The van der Waals surface area contributed by atoms with Crippen LogP contribution in [0.25, 0.3) is 0 Å². The maximum absolute atomic E-state index is 13.2. The highest BCUT2D eigenvalue weighted by Crippen LogP contribution is 2.43. The van der Waals surface area contributed by atoms with E-state index in [9.17, 15) is 14.4 Å². The monoisotopic (exact) mass is 448 g/mol. The van der Waals surface area contributed by atoms with Gasteiger partial charge in [-0.3, -0.25) is 9.69 Å². The van der Waals surface area contributed by atoms with E-state index in [2.05, 4.69) is 0 Å². The van der Waals surface area contributed by atoms with Gasteiger partial charge in [-0.05, 0) is 40.2 Å². The van der Waals surface area contributed by atoms with E-state index in [0.29, 0.717) is 12.9 Å². The molecule has 2 heterocycles. The molecule has 2 amide bonds. The Morgan fingerprint density at radius 3 is 2.38 bits per heavy atom. The van der Waals surface area contributed by atoms with Crippen LogP contribution in [0.2, 0.25) is 0 Å². The van der Waals surface area contributed by atoms with Crippen LogP contribution in [0.15, 0.2) is 30.3 Å². The third-order valence-electron chi connectivity index (χ3n) is 5.41. The van der Waals surface area contributed by atoms with Gasteiger partial charge >= 0.3 is 6.09 Å². The molecule has 2 fully saturated rings. The molecule has 32 heavy (non-hydrogen) atoms. The van der Waals surface area contributed by atoms with Gasteiger partial charge in [0.05, 0.1) is 25.3 Å². The van der Waals surface area contributed by atoms with Gasteiger partial charge in [0.25, 0.3) is 0 Å². The van der Waals surface area contributed by atoms with E-state index in [1.54, 1.807) is 34.6 Å². The van der Waals surface area contributed by atoms with E-state index in [-0.39, 0.29) is 6.61 Å². The number of nitrogens with zero attached hydrogens (tertiary/aromatic N) is 1. The molecule has 0 bridgehead atoms. The van der Waals surface area contributed by atoms with Gasteiger partial charge in [-0.15, -0.1) is 0 Å². The van der Waals surface area contributed by atoms with Crippen molar-refractivity contribution in [3.05, 3.63) is 35.9 Å². The molecule has 5 atom stereocenters. The van der Waals surface area contributed by atoms with E-state index in [1.807, 2.05) is 30.3 Å². The minimum atomic E-state index is -1.29. The van der Waals surface area contributed by atoms with Crippen LogP contribution in [-0.4, -0.2) is 65.5 Å². The largest absolute Gasteiger partial charge is 0.444 e. The number of primary amides is 1. The SMILES string of the molecule is CC(C)(C)OC(=O)N1C(COCc2ccccc2)C2OC(C)(C)OC2C1C(C=O)C(N)=O. The van der Waals surface area contributed by atoms with Gasteiger partial charge in [0.1, 0.15) is 30.0 Å². The van der Waals surface area contributed by atoms with Crippen LogP contribution in [0.1, 0.15) is 40.2 Å². The molecule has 0 spiro atoms. The lowest BCUT2D eigenvalue weighted by atomic mass is 9.95. The first kappa shape index (κ1) is 24.2. The lowest BCUT2D eigenvalue weighted by molar-refractivity contribution is -0.173. The number of hydrogen-bond donors (Lipinski definition) is 1. The first-order valence-corrected chi connectivity index (χ1v) is 10.7. The molecule has 5 unspecified atom stereocenters. The Kier molecular flexibility index (Phi) is 6.92. The summed E-state index contributed by atoms with van der Waals surface area (Å²) in [6.07, 6.45) is -1.61. The second kappa shape index (κ2) is 9.17. The number of carbonyl (C=O) groups excluding carboxylic acids is 3. The fourth-order valence-corrected chi connectivity index (χ4v) is 4.23. The van der Waals surface area contributed by atoms with Gasteiger partial charge in [-0.25, -0.2) is 4.79 Å². The lowest BCUT2D eigenvalue weighted by Gasteiger charge is -2.36. The molecule has 9 nitrogen and oxygen atoms in total. The zero-order valence-corrected chi connectivity index (χ0v) is 19.1. The van der Waals surface area contributed by atoms with Crippen molar-refractivity contribution in [3.8, 4) is 0 Å². The van der Waals surface area contributed by atoms with Crippen molar-refractivity contribution in [2.45, 2.75) is 76.9 Å². The average molecular weight is 449 g/mol. The molecule has 0 saturated carbocycles. The van der Waals surface area contributed by atoms with Crippen molar-refractivity contribution >= 4 is 18.3 Å². The number of benzene rings is 1. The predicted octanol–water partition coefficient (Wildman–Crippen LogP) is 2.01. The second-order valence-electron chi connectivity index (χ2n) is 9.58. The van der Waals surface area contributed by atoms with Crippen LogP contribution in [0, 0.1) is 5.92 Å². The maximum atomic E-state index is 13.2. The van der Waals surface area contributed by atoms with E-state index in [1.165, 1.54) is 4.90 Å². The summed E-state index contributed by atoms with van der Waals surface area (Å²) in [5, 5.41) is 0. The highest BCUT2D eigenvalue weighted by molar-refractivity contribution is 5.92. The van der Waals surface area contributed by atoms with E-state index in [4.69, 9.17) is 24.7 Å². The molecule has 2 aliphatic heterocycles. The number of rotatable bonds is 7. The van der Waals surface area contributed by atoms with Crippen LogP contribution in [0.3, 0.4) is 0 Å². The Labute approximate surface area is 188 Å². The minimum absolute atomic E-state index is 0.0928. The summed E-state index contributed by atoms with van der Waals surface area (Å²) in [5.74, 6) is -3.10. The molecule has 176 valence electrons. The zero-order valence-electron chi connectivity index (χ0n) is 19.1. The molecule has 2 saturated heterocycles. The van der Waals surface area contributed by atoms with Gasteiger partial charge in [0.2, 0.25) is 5.91 Å². The van der Waals surface area contributed by atoms with Gasteiger partial charge < -0.3 is 29.5 Å². The van der Waals surface area contributed by atoms with Gasteiger partial charge in [-0.2, -0.15) is 0 Å². The van der Waals surface area contributed by atoms with Crippen molar-refractivity contribution in [3.63, 3.8) is 0 Å². The van der Waals surface area contributed by atoms with Crippen LogP contribution in [0.5, 0.6) is 0 Å². The Bertz CT molecular complexity index is 836. The molecule has 1 aromatic carbocycles. The van der Waals surface area contributed by atoms with E-state index in [0.717, 1.165) is 5.56 Å². The summed E-state index contributed by atoms with van der Waals surface area (Å²) < 4.78 is 23.6. The maximum Gasteiger partial charge on any atom is 0.411 e. The fraction of sp³-hybridized carbons (Fsp3) is 0.609. The Morgan fingerprint density at radius 1 is 1.19 bits per heavy atom. The van der Waals surface area contributed by atoms with Crippen molar-refractivity contribution < 1.29 is 33.3 Å². The van der Waals surface area contributed by atoms with Crippen LogP contribution < -0.4 is 5.73 Å². The zero-order chi connectivity index (χ0) is 23.7. The summed E-state index contributed by atoms with van der Waals surface area (Å²) in [6.45, 7) is 9.09. The van der Waals surface area contributed by atoms with Gasteiger partial charge in [0.15, 0.2) is 5.79 Å². The second-order valence-corrected chi connectivity index (χ2v) is 9.58. The smallest absolute Gasteiger partial charge is 0.411 e. The van der Waals surface area contributed by atoms with Crippen LogP contribution in [0.4, 0.5) is 4.79 Å². The standard InChI is InChI=1S/C23H32N2O7/c1-22(2,3)32-21(28)25-16(13-29-12-14-9-7-6-8-10-14)18-19(31-23(4,5)30-18)17(25)15(11-26)20(24)27/h6-11,15-19H,12-13H2,1-5H3,(H2,24,27). The third-order valence-corrected chi connectivity index (χ3v) is 5.41. The molecule has 2 aliphatic rings. The molecule has 2 N–H and O–H groups in total. The molecule has 9 heteroatoms. The highest BCUT2D eigenvalue weighted by Gasteiger charge is 2.62. The summed E-state index contributed by atoms with van der Waals surface area (Å²) >= 11 is 0. The summed E-state index contributed by atoms with van der Waals surface area (Å²) in [6, 6.07) is 7.97. The number of carbonyl (C=O) groups is 3. The number of amides is 2. The molecule has 3 rings (SSSR count). The molecular formula is C23H32N2O7. The van der Waals surface area contributed by atoms with E-state index < -0.39 is 53.6 Å². The van der Waals surface area contributed by atoms with Gasteiger partial charge in [-0.1, -0.05) is 30.3 Å². The Balaban J connectivity index is 1.92. The number of fused-ring (bicyclic) bond motifs is 1. The summed E-state index contributed by atoms with van der Waals surface area (Å²) in [5.41, 5.74) is 5.69. The molecular weight excluding hydrogens is 416 g/mol. The van der Waals surface area contributed by atoms with Gasteiger partial charge in [0, 0.05) is 0 Å². The highest BCUT2D eigenvalue weighted by atomic mass is 16.8. The quantitative estimate of drug-likeness (QED) is 0.501. The Morgan fingerprint density at radius 2 is 1.81 bits per heavy atom. The first-order chi connectivity index (χ1) is 14.9. The molecule has 1 aromatic rings. The van der Waals surface area contributed by atoms with Crippen molar-refractivity contribution in [1.82, 2.24) is 4.90 Å². The van der Waals surface area contributed by atoms with E-state index >= 15 is 0 Å². The van der Waals surface area contributed by atoms with Crippen LogP contribution >= 0.6 is 0 Å². The summed E-state index contributed by atoms with van der Waals surface area (Å²) in [4.78, 5) is 38.5. The number of nitrogens with two attached hydrogens (primary N) is 1. The van der Waals surface area contributed by atoms with Crippen LogP contribution in [-0.2, 0) is 35.1 Å². The number of aldehydes is 1. The molecule has 0 aliphatic carbocycles. The molecule has 0 aromatic heterocycles. The predicted molar refractivity (Wildman–Crippen MR) is 114 cm³/mol. The van der Waals surface area contributed by atoms with Crippen molar-refractivity contribution in [1.29, 1.82) is 0 Å². The third kappa shape index (κ3) is 5.28. The van der Waals surface area contributed by atoms with Crippen molar-refractivity contribution in [2.75, 3.05) is 6.61 Å². The molecule has 0 radical (unpaired) electrons.